The Morgan fingerprint density at radius 2 is 1.85 bits per heavy atom. The first-order valence-electron chi connectivity index (χ1n) is 5.67. The van der Waals surface area contributed by atoms with Crippen molar-refractivity contribution in [2.45, 2.75) is 11.3 Å². The average Bonchev–Trinajstić information content (AvgIpc) is 2.72. The first kappa shape index (κ1) is 16.0. The minimum atomic E-state index is -3.49. The van der Waals surface area contributed by atoms with Crippen LogP contribution < -0.4 is 10.5 Å². The van der Waals surface area contributed by atoms with Gasteiger partial charge in [-0.05, 0) is 62.0 Å². The van der Waals surface area contributed by atoms with Gasteiger partial charge in [-0.1, -0.05) is 12.1 Å². The molecule has 1 heterocycles. The number of nitrogen functional groups attached to an aromatic ring is 1. The van der Waals surface area contributed by atoms with Crippen LogP contribution in [-0.2, 0) is 16.4 Å². The van der Waals surface area contributed by atoms with Gasteiger partial charge in [-0.15, -0.1) is 11.3 Å². The van der Waals surface area contributed by atoms with Crippen LogP contribution in [0.1, 0.15) is 5.56 Å². The Morgan fingerprint density at radius 3 is 2.40 bits per heavy atom. The van der Waals surface area contributed by atoms with Gasteiger partial charge in [0.15, 0.2) is 0 Å². The molecule has 2 aromatic rings. The van der Waals surface area contributed by atoms with E-state index in [0.717, 1.165) is 9.35 Å². The van der Waals surface area contributed by atoms with E-state index >= 15 is 0 Å². The van der Waals surface area contributed by atoms with Crippen molar-refractivity contribution in [3.63, 3.8) is 0 Å². The van der Waals surface area contributed by atoms with Crippen LogP contribution in [0.5, 0.6) is 0 Å². The van der Waals surface area contributed by atoms with Crippen molar-refractivity contribution in [1.29, 1.82) is 0 Å². The van der Waals surface area contributed by atoms with Gasteiger partial charge in [-0.3, -0.25) is 0 Å². The molecule has 0 fully saturated rings. The summed E-state index contributed by atoms with van der Waals surface area (Å²) in [6, 6.07) is 8.97. The van der Waals surface area contributed by atoms with Crippen LogP contribution in [0, 0.1) is 0 Å². The standard InChI is InChI=1S/C12H12Br2N2O2S2/c13-11-7-10(12(14)19-11)20(17,18)16-6-5-8-1-3-9(15)4-2-8/h1-4,7,16H,5-6,15H2. The van der Waals surface area contributed by atoms with Gasteiger partial charge in [0.05, 0.1) is 7.57 Å². The smallest absolute Gasteiger partial charge is 0.242 e. The normalized spacial score (nSPS) is 11.7. The summed E-state index contributed by atoms with van der Waals surface area (Å²) in [5.74, 6) is 0. The van der Waals surface area contributed by atoms with E-state index in [4.69, 9.17) is 5.73 Å². The second kappa shape index (κ2) is 6.57. The Balaban J connectivity index is 1.99. The summed E-state index contributed by atoms with van der Waals surface area (Å²) in [5, 5.41) is 0. The number of nitrogens with one attached hydrogen (secondary N) is 1. The van der Waals surface area contributed by atoms with E-state index < -0.39 is 10.0 Å². The van der Waals surface area contributed by atoms with Crippen molar-refractivity contribution in [2.75, 3.05) is 12.3 Å². The largest absolute Gasteiger partial charge is 0.399 e. The summed E-state index contributed by atoms with van der Waals surface area (Å²) >= 11 is 7.85. The number of thiophene rings is 1. The predicted octanol–water partition coefficient (Wildman–Crippen LogP) is 3.38. The number of rotatable bonds is 5. The lowest BCUT2D eigenvalue weighted by molar-refractivity contribution is 0.581. The van der Waals surface area contributed by atoms with Crippen LogP contribution in [0.4, 0.5) is 5.69 Å². The van der Waals surface area contributed by atoms with E-state index in [1.807, 2.05) is 12.1 Å². The molecule has 0 atom stereocenters. The topological polar surface area (TPSA) is 72.2 Å². The fraction of sp³-hybridized carbons (Fsp3) is 0.167. The SMILES string of the molecule is Nc1ccc(CCNS(=O)(=O)c2cc(Br)sc2Br)cc1. The minimum Gasteiger partial charge on any atom is -0.399 e. The summed E-state index contributed by atoms with van der Waals surface area (Å²) in [7, 11) is -3.49. The zero-order valence-corrected chi connectivity index (χ0v) is 15.1. The van der Waals surface area contributed by atoms with E-state index in [1.165, 1.54) is 11.3 Å². The predicted molar refractivity (Wildman–Crippen MR) is 89.5 cm³/mol. The van der Waals surface area contributed by atoms with Crippen LogP contribution in [0.15, 0.2) is 42.8 Å². The number of benzene rings is 1. The van der Waals surface area contributed by atoms with Gasteiger partial charge in [0.2, 0.25) is 10.0 Å². The molecule has 0 saturated carbocycles. The van der Waals surface area contributed by atoms with Crippen molar-refractivity contribution < 1.29 is 8.42 Å². The van der Waals surface area contributed by atoms with Crippen LogP contribution in [0.3, 0.4) is 0 Å². The third kappa shape index (κ3) is 4.05. The Hall–Kier alpha value is -0.410. The van der Waals surface area contributed by atoms with Crippen LogP contribution in [-0.4, -0.2) is 15.0 Å². The molecule has 20 heavy (non-hydrogen) atoms. The van der Waals surface area contributed by atoms with Crippen molar-refractivity contribution in [3.05, 3.63) is 43.5 Å². The van der Waals surface area contributed by atoms with E-state index in [9.17, 15) is 8.42 Å². The quantitative estimate of drug-likeness (QED) is 0.701. The zero-order chi connectivity index (χ0) is 14.8. The molecular formula is C12H12Br2N2O2S2. The van der Waals surface area contributed by atoms with E-state index in [-0.39, 0.29) is 4.90 Å². The summed E-state index contributed by atoms with van der Waals surface area (Å²) in [6.45, 7) is 0.339. The first-order valence-corrected chi connectivity index (χ1v) is 9.56. The maximum atomic E-state index is 12.1. The van der Waals surface area contributed by atoms with E-state index in [2.05, 4.69) is 36.6 Å². The lowest BCUT2D eigenvalue weighted by Crippen LogP contribution is -2.25. The molecule has 108 valence electrons. The molecule has 0 unspecified atom stereocenters. The fourth-order valence-electron chi connectivity index (χ4n) is 1.60. The van der Waals surface area contributed by atoms with Gasteiger partial charge in [0.1, 0.15) is 4.90 Å². The summed E-state index contributed by atoms with van der Waals surface area (Å²) in [4.78, 5) is 0.256. The molecule has 0 aliphatic rings. The van der Waals surface area contributed by atoms with Crippen molar-refractivity contribution >= 4 is 58.9 Å². The third-order valence-electron chi connectivity index (χ3n) is 2.60. The monoisotopic (exact) mass is 438 g/mol. The molecule has 4 nitrogen and oxygen atoms in total. The highest BCUT2D eigenvalue weighted by atomic mass is 79.9. The number of anilines is 1. The fourth-order valence-corrected chi connectivity index (χ4v) is 6.44. The van der Waals surface area contributed by atoms with Crippen molar-refractivity contribution in [3.8, 4) is 0 Å². The van der Waals surface area contributed by atoms with Crippen LogP contribution in [0.2, 0.25) is 0 Å². The molecular weight excluding hydrogens is 428 g/mol. The molecule has 1 aromatic heterocycles. The molecule has 0 aliphatic heterocycles. The highest BCUT2D eigenvalue weighted by Gasteiger charge is 2.19. The Kier molecular flexibility index (Phi) is 5.25. The second-order valence-corrected chi connectivity index (χ2v) is 9.56. The first-order chi connectivity index (χ1) is 9.38. The van der Waals surface area contributed by atoms with Gasteiger partial charge in [-0.25, -0.2) is 13.1 Å². The maximum Gasteiger partial charge on any atom is 0.242 e. The third-order valence-corrected chi connectivity index (χ3v) is 6.82. The van der Waals surface area contributed by atoms with Gasteiger partial charge >= 0.3 is 0 Å². The average molecular weight is 440 g/mol. The number of halogens is 2. The Morgan fingerprint density at radius 1 is 1.20 bits per heavy atom. The molecule has 0 spiro atoms. The molecule has 2 rings (SSSR count). The molecule has 0 saturated heterocycles. The maximum absolute atomic E-state index is 12.1. The molecule has 0 radical (unpaired) electrons. The second-order valence-electron chi connectivity index (χ2n) is 4.08. The molecule has 0 bridgehead atoms. The number of sulfonamides is 1. The summed E-state index contributed by atoms with van der Waals surface area (Å²) in [5.41, 5.74) is 7.33. The molecule has 8 heteroatoms. The van der Waals surface area contributed by atoms with Crippen molar-refractivity contribution in [1.82, 2.24) is 4.72 Å². The number of nitrogens with two attached hydrogens (primary N) is 1. The highest BCUT2D eigenvalue weighted by Crippen LogP contribution is 2.34. The summed E-state index contributed by atoms with van der Waals surface area (Å²) in [6.07, 6.45) is 0.614. The molecule has 3 N–H and O–H groups in total. The van der Waals surface area contributed by atoms with Crippen LogP contribution >= 0.6 is 43.2 Å². The van der Waals surface area contributed by atoms with E-state index in [1.54, 1.807) is 18.2 Å². The molecule has 1 aromatic carbocycles. The van der Waals surface area contributed by atoms with Gasteiger partial charge in [0.25, 0.3) is 0 Å². The lowest BCUT2D eigenvalue weighted by atomic mass is 10.1. The van der Waals surface area contributed by atoms with Gasteiger partial charge in [0, 0.05) is 12.2 Å². The number of hydrogen-bond acceptors (Lipinski definition) is 4. The Bertz CT molecular complexity index is 697. The molecule has 0 amide bonds. The molecule has 0 aliphatic carbocycles. The Labute approximate surface area is 138 Å². The van der Waals surface area contributed by atoms with Crippen molar-refractivity contribution in [2.24, 2.45) is 0 Å². The van der Waals surface area contributed by atoms with Crippen LogP contribution in [0.25, 0.3) is 0 Å². The summed E-state index contributed by atoms with van der Waals surface area (Å²) < 4.78 is 28.2. The van der Waals surface area contributed by atoms with Gasteiger partial charge < -0.3 is 5.73 Å². The van der Waals surface area contributed by atoms with Gasteiger partial charge in [-0.2, -0.15) is 0 Å². The van der Waals surface area contributed by atoms with E-state index in [0.29, 0.717) is 22.4 Å². The minimum absolute atomic E-state index is 0.256. The zero-order valence-electron chi connectivity index (χ0n) is 10.3. The lowest BCUT2D eigenvalue weighted by Gasteiger charge is -2.06. The highest BCUT2D eigenvalue weighted by molar-refractivity contribution is 9.12. The number of hydrogen-bond donors (Lipinski definition) is 2.